The Bertz CT molecular complexity index is 688. The first-order valence-electron chi connectivity index (χ1n) is 6.61. The summed E-state index contributed by atoms with van der Waals surface area (Å²) in [5.41, 5.74) is 1.68. The summed E-state index contributed by atoms with van der Waals surface area (Å²) in [5.74, 6) is 1.92. The summed E-state index contributed by atoms with van der Waals surface area (Å²) in [6.07, 6.45) is 1.24. The molecular formula is C15H17N3O4. The van der Waals surface area contributed by atoms with E-state index in [2.05, 4.69) is 10.3 Å². The van der Waals surface area contributed by atoms with Crippen LogP contribution >= 0.6 is 0 Å². The van der Waals surface area contributed by atoms with Crippen molar-refractivity contribution in [2.45, 2.75) is 13.5 Å². The Balaban J connectivity index is 2.11. The van der Waals surface area contributed by atoms with Crippen molar-refractivity contribution in [3.05, 3.63) is 51.7 Å². The van der Waals surface area contributed by atoms with Crippen molar-refractivity contribution in [1.29, 1.82) is 0 Å². The van der Waals surface area contributed by atoms with Gasteiger partial charge in [-0.25, -0.2) is 4.98 Å². The average molecular weight is 303 g/mol. The summed E-state index contributed by atoms with van der Waals surface area (Å²) >= 11 is 0. The normalized spacial score (nSPS) is 10.1. The van der Waals surface area contributed by atoms with Crippen LogP contribution in [0.4, 0.5) is 11.5 Å². The van der Waals surface area contributed by atoms with Gasteiger partial charge in [-0.1, -0.05) is 6.07 Å². The second-order valence-electron chi connectivity index (χ2n) is 4.66. The molecule has 116 valence electrons. The van der Waals surface area contributed by atoms with Crippen molar-refractivity contribution >= 4 is 11.5 Å². The fraction of sp³-hybridized carbons (Fsp3) is 0.267. The molecule has 2 rings (SSSR count). The molecule has 0 amide bonds. The van der Waals surface area contributed by atoms with Crippen LogP contribution in [0.15, 0.2) is 30.5 Å². The van der Waals surface area contributed by atoms with Crippen molar-refractivity contribution in [1.82, 2.24) is 4.98 Å². The second-order valence-corrected chi connectivity index (χ2v) is 4.66. The number of hydrogen-bond donors (Lipinski definition) is 1. The summed E-state index contributed by atoms with van der Waals surface area (Å²) in [5, 5.41) is 13.8. The van der Waals surface area contributed by atoms with Crippen LogP contribution in [0.25, 0.3) is 0 Å². The number of nitrogens with zero attached hydrogens (tertiary/aromatic N) is 2. The van der Waals surface area contributed by atoms with E-state index >= 15 is 0 Å². The topological polar surface area (TPSA) is 86.5 Å². The molecule has 0 radical (unpaired) electrons. The lowest BCUT2D eigenvalue weighted by Gasteiger charge is -2.11. The summed E-state index contributed by atoms with van der Waals surface area (Å²) in [6, 6.07) is 7.09. The zero-order chi connectivity index (χ0) is 16.1. The Hall–Kier alpha value is -2.83. The third kappa shape index (κ3) is 3.43. The predicted octanol–water partition coefficient (Wildman–Crippen LogP) is 2.93. The maximum Gasteiger partial charge on any atom is 0.287 e. The molecule has 7 heteroatoms. The van der Waals surface area contributed by atoms with Crippen LogP contribution in [0, 0.1) is 17.0 Å². The Labute approximate surface area is 128 Å². The standard InChI is InChI=1S/C15H17N3O4/c1-10-6-12(18(19)20)9-17-15(10)16-8-11-4-5-13(21-2)14(7-11)22-3/h4-7,9H,8H2,1-3H3,(H,16,17). The largest absolute Gasteiger partial charge is 0.493 e. The lowest BCUT2D eigenvalue weighted by molar-refractivity contribution is -0.385. The number of methoxy groups -OCH3 is 2. The summed E-state index contributed by atoms with van der Waals surface area (Å²) < 4.78 is 10.4. The molecule has 0 atom stereocenters. The first kappa shape index (κ1) is 15.6. The molecule has 0 saturated carbocycles. The highest BCUT2D eigenvalue weighted by atomic mass is 16.6. The molecule has 1 heterocycles. The van der Waals surface area contributed by atoms with Gasteiger partial charge in [0, 0.05) is 12.6 Å². The molecule has 22 heavy (non-hydrogen) atoms. The van der Waals surface area contributed by atoms with Crippen molar-refractivity contribution in [3.8, 4) is 11.5 Å². The monoisotopic (exact) mass is 303 g/mol. The van der Waals surface area contributed by atoms with E-state index in [-0.39, 0.29) is 5.69 Å². The van der Waals surface area contributed by atoms with E-state index in [1.165, 1.54) is 12.3 Å². The maximum atomic E-state index is 10.7. The fourth-order valence-corrected chi connectivity index (χ4v) is 2.02. The minimum Gasteiger partial charge on any atom is -0.493 e. The van der Waals surface area contributed by atoms with E-state index in [1.54, 1.807) is 21.1 Å². The SMILES string of the molecule is COc1ccc(CNc2ncc([N+](=O)[O-])cc2C)cc1OC. The molecule has 1 aromatic heterocycles. The Morgan fingerprint density at radius 3 is 2.55 bits per heavy atom. The zero-order valence-corrected chi connectivity index (χ0v) is 12.6. The molecule has 0 unspecified atom stereocenters. The number of pyridine rings is 1. The van der Waals surface area contributed by atoms with Gasteiger partial charge >= 0.3 is 0 Å². The van der Waals surface area contributed by atoms with Crippen molar-refractivity contribution in [2.24, 2.45) is 0 Å². The fourth-order valence-electron chi connectivity index (χ4n) is 2.02. The first-order chi connectivity index (χ1) is 10.5. The number of nitro groups is 1. The number of aromatic nitrogens is 1. The number of rotatable bonds is 6. The Kier molecular flexibility index (Phi) is 4.77. The third-order valence-corrected chi connectivity index (χ3v) is 3.18. The van der Waals surface area contributed by atoms with Gasteiger partial charge in [0.05, 0.1) is 19.1 Å². The molecule has 0 aliphatic heterocycles. The van der Waals surface area contributed by atoms with Crippen LogP contribution in [-0.4, -0.2) is 24.1 Å². The lowest BCUT2D eigenvalue weighted by Crippen LogP contribution is -2.04. The summed E-state index contributed by atoms with van der Waals surface area (Å²) in [7, 11) is 3.16. The molecule has 0 aliphatic rings. The van der Waals surface area contributed by atoms with Gasteiger partial charge in [0.1, 0.15) is 12.0 Å². The van der Waals surface area contributed by atoms with E-state index in [9.17, 15) is 10.1 Å². The number of aryl methyl sites for hydroxylation is 1. The lowest BCUT2D eigenvalue weighted by atomic mass is 10.2. The molecule has 0 bridgehead atoms. The van der Waals surface area contributed by atoms with E-state index in [0.717, 1.165) is 11.1 Å². The average Bonchev–Trinajstić information content (AvgIpc) is 2.53. The Morgan fingerprint density at radius 1 is 1.23 bits per heavy atom. The Morgan fingerprint density at radius 2 is 1.95 bits per heavy atom. The maximum absolute atomic E-state index is 10.7. The highest BCUT2D eigenvalue weighted by Gasteiger charge is 2.10. The van der Waals surface area contributed by atoms with E-state index in [0.29, 0.717) is 23.9 Å². The molecule has 0 spiro atoms. The van der Waals surface area contributed by atoms with Gasteiger partial charge in [-0.3, -0.25) is 10.1 Å². The van der Waals surface area contributed by atoms with Crippen LogP contribution in [0.2, 0.25) is 0 Å². The molecule has 0 fully saturated rings. The van der Waals surface area contributed by atoms with Crippen LogP contribution in [0.3, 0.4) is 0 Å². The van der Waals surface area contributed by atoms with Gasteiger partial charge in [-0.2, -0.15) is 0 Å². The van der Waals surface area contributed by atoms with Gasteiger partial charge in [0.15, 0.2) is 11.5 Å². The van der Waals surface area contributed by atoms with Crippen LogP contribution in [-0.2, 0) is 6.54 Å². The van der Waals surface area contributed by atoms with Gasteiger partial charge in [-0.05, 0) is 30.2 Å². The number of nitrogens with one attached hydrogen (secondary N) is 1. The van der Waals surface area contributed by atoms with Crippen molar-refractivity contribution in [3.63, 3.8) is 0 Å². The number of ether oxygens (including phenoxy) is 2. The van der Waals surface area contributed by atoms with Crippen LogP contribution < -0.4 is 14.8 Å². The first-order valence-corrected chi connectivity index (χ1v) is 6.61. The molecule has 2 aromatic rings. The molecule has 1 N–H and O–H groups in total. The van der Waals surface area contributed by atoms with E-state index < -0.39 is 4.92 Å². The highest BCUT2D eigenvalue weighted by Crippen LogP contribution is 2.28. The van der Waals surface area contributed by atoms with Gasteiger partial charge in [0.25, 0.3) is 5.69 Å². The van der Waals surface area contributed by atoms with Gasteiger partial charge in [-0.15, -0.1) is 0 Å². The van der Waals surface area contributed by atoms with Crippen LogP contribution in [0.5, 0.6) is 11.5 Å². The number of benzene rings is 1. The van der Waals surface area contributed by atoms with Crippen molar-refractivity contribution in [2.75, 3.05) is 19.5 Å². The molecule has 1 aromatic carbocycles. The summed E-state index contributed by atoms with van der Waals surface area (Å²) in [4.78, 5) is 14.3. The summed E-state index contributed by atoms with van der Waals surface area (Å²) in [6.45, 7) is 2.29. The number of hydrogen-bond acceptors (Lipinski definition) is 6. The minimum atomic E-state index is -0.460. The zero-order valence-electron chi connectivity index (χ0n) is 12.6. The number of anilines is 1. The predicted molar refractivity (Wildman–Crippen MR) is 82.5 cm³/mol. The van der Waals surface area contributed by atoms with Gasteiger partial charge < -0.3 is 14.8 Å². The highest BCUT2D eigenvalue weighted by molar-refractivity contribution is 5.49. The van der Waals surface area contributed by atoms with Gasteiger partial charge in [0.2, 0.25) is 0 Å². The molecule has 0 aliphatic carbocycles. The van der Waals surface area contributed by atoms with E-state index in [4.69, 9.17) is 9.47 Å². The van der Waals surface area contributed by atoms with E-state index in [1.807, 2.05) is 18.2 Å². The van der Waals surface area contributed by atoms with Crippen LogP contribution in [0.1, 0.15) is 11.1 Å². The third-order valence-electron chi connectivity index (χ3n) is 3.18. The smallest absolute Gasteiger partial charge is 0.287 e. The molecule has 7 nitrogen and oxygen atoms in total. The van der Waals surface area contributed by atoms with Crippen molar-refractivity contribution < 1.29 is 14.4 Å². The second kappa shape index (κ2) is 6.75. The molecule has 0 saturated heterocycles. The molecular weight excluding hydrogens is 286 g/mol. The minimum absolute atomic E-state index is 0.0193. The quantitative estimate of drug-likeness (QED) is 0.652.